The highest BCUT2D eigenvalue weighted by atomic mass is 19.4. The molecule has 34 heavy (non-hydrogen) atoms. The van der Waals surface area contributed by atoms with Crippen molar-refractivity contribution in [2.24, 2.45) is 11.8 Å². The van der Waals surface area contributed by atoms with Crippen LogP contribution in [0.3, 0.4) is 0 Å². The van der Waals surface area contributed by atoms with Crippen LogP contribution in [0.4, 0.5) is 43.9 Å². The van der Waals surface area contributed by atoms with Crippen LogP contribution in [0.5, 0.6) is 0 Å². The molecular formula is C18H22F10O6. The monoisotopic (exact) mass is 524 g/mol. The van der Waals surface area contributed by atoms with Crippen molar-refractivity contribution >= 4 is 17.9 Å². The molecule has 0 aliphatic heterocycles. The van der Waals surface area contributed by atoms with Gasteiger partial charge in [0.1, 0.15) is 5.60 Å². The third-order valence-corrected chi connectivity index (χ3v) is 4.62. The number of esters is 3. The third kappa shape index (κ3) is 9.52. The van der Waals surface area contributed by atoms with Crippen LogP contribution < -0.4 is 0 Å². The first-order chi connectivity index (χ1) is 15.1. The highest BCUT2D eigenvalue weighted by Crippen LogP contribution is 2.38. The van der Waals surface area contributed by atoms with Gasteiger partial charge in [0.2, 0.25) is 0 Å². The highest BCUT2D eigenvalue weighted by molar-refractivity contribution is 5.82. The second-order valence-corrected chi connectivity index (χ2v) is 7.57. The van der Waals surface area contributed by atoms with Crippen molar-refractivity contribution in [1.82, 2.24) is 0 Å². The summed E-state index contributed by atoms with van der Waals surface area (Å²) in [6.07, 6.45) is -22.0. The number of rotatable bonds is 11. The van der Waals surface area contributed by atoms with Gasteiger partial charge in [0, 0.05) is 13.3 Å². The molecule has 0 rings (SSSR count). The summed E-state index contributed by atoms with van der Waals surface area (Å²) in [6, 6.07) is 0. The summed E-state index contributed by atoms with van der Waals surface area (Å²) in [7, 11) is 0. The zero-order valence-electron chi connectivity index (χ0n) is 18.2. The van der Waals surface area contributed by atoms with Crippen LogP contribution in [0, 0.1) is 11.8 Å². The molecule has 0 fully saturated rings. The van der Waals surface area contributed by atoms with Crippen LogP contribution in [0.2, 0.25) is 0 Å². The minimum absolute atomic E-state index is 0.126. The molecule has 0 aromatic heterocycles. The molecule has 0 spiro atoms. The number of hydrogen-bond acceptors (Lipinski definition) is 6. The van der Waals surface area contributed by atoms with E-state index < -0.39 is 79.2 Å². The van der Waals surface area contributed by atoms with Gasteiger partial charge in [0.25, 0.3) is 6.10 Å². The summed E-state index contributed by atoms with van der Waals surface area (Å²) in [5.74, 6) is -14.2. The lowest BCUT2D eigenvalue weighted by molar-refractivity contribution is -0.314. The van der Waals surface area contributed by atoms with Crippen molar-refractivity contribution in [2.45, 2.75) is 76.9 Å². The van der Waals surface area contributed by atoms with E-state index in [1.54, 1.807) is 0 Å². The molecule has 0 aromatic rings. The summed E-state index contributed by atoms with van der Waals surface area (Å²) in [5.41, 5.74) is -1.68. The van der Waals surface area contributed by atoms with Gasteiger partial charge in [0.05, 0.1) is 11.8 Å². The summed E-state index contributed by atoms with van der Waals surface area (Å²) in [4.78, 5) is 35.7. The lowest BCUT2D eigenvalue weighted by atomic mass is 9.82. The summed E-state index contributed by atoms with van der Waals surface area (Å²) in [6.45, 7) is 1.88. The SMILES string of the molecule is CCC(C)(CC(C(=O)OCC(F)(F)C(F)F)C(C)C(=O)OC(C(F)(F)F)C(F)(F)F)OC(C)=O. The quantitative estimate of drug-likeness (QED) is 0.219. The average Bonchev–Trinajstić information content (AvgIpc) is 2.65. The van der Waals surface area contributed by atoms with Crippen LogP contribution in [0.25, 0.3) is 0 Å². The normalized spacial score (nSPS) is 16.6. The van der Waals surface area contributed by atoms with E-state index in [0.717, 1.165) is 13.8 Å². The lowest BCUT2D eigenvalue weighted by Gasteiger charge is -2.33. The second kappa shape index (κ2) is 11.4. The number of halogens is 10. The molecule has 0 heterocycles. The molecule has 6 nitrogen and oxygen atoms in total. The molecule has 0 bridgehead atoms. The fraction of sp³-hybridized carbons (Fsp3) is 0.833. The van der Waals surface area contributed by atoms with Crippen molar-refractivity contribution < 1.29 is 72.5 Å². The van der Waals surface area contributed by atoms with Crippen molar-refractivity contribution in [3.8, 4) is 0 Å². The number of carbonyl (C=O) groups excluding carboxylic acids is 3. The maximum absolute atomic E-state index is 13.1. The number of hydrogen-bond donors (Lipinski definition) is 0. The van der Waals surface area contributed by atoms with Crippen molar-refractivity contribution in [3.63, 3.8) is 0 Å². The maximum Gasteiger partial charge on any atom is 0.434 e. The largest absolute Gasteiger partial charge is 0.460 e. The fourth-order valence-electron chi connectivity index (χ4n) is 2.58. The minimum Gasteiger partial charge on any atom is -0.460 e. The van der Waals surface area contributed by atoms with Crippen molar-refractivity contribution in [3.05, 3.63) is 0 Å². The number of ether oxygens (including phenoxy) is 3. The first-order valence-corrected chi connectivity index (χ1v) is 9.43. The van der Waals surface area contributed by atoms with Crippen LogP contribution in [0.1, 0.15) is 40.5 Å². The Morgan fingerprint density at radius 3 is 1.71 bits per heavy atom. The molecule has 0 aliphatic carbocycles. The Morgan fingerprint density at radius 2 is 1.35 bits per heavy atom. The standard InChI is InChI=1S/C18H22F10O6/c1-5-15(4,34-9(3)29)6-10(12(31)32-7-16(21,22)14(19)20)8(2)11(30)33-13(17(23,24)25)18(26,27)28/h8,10,13-14H,5-7H2,1-4H3. The third-order valence-electron chi connectivity index (χ3n) is 4.62. The van der Waals surface area contributed by atoms with Crippen molar-refractivity contribution in [1.29, 1.82) is 0 Å². The number of carbonyl (C=O) groups is 3. The van der Waals surface area contributed by atoms with Gasteiger partial charge in [-0.2, -0.15) is 35.1 Å². The van der Waals surface area contributed by atoms with E-state index in [4.69, 9.17) is 4.74 Å². The Hall–Kier alpha value is -2.29. The maximum atomic E-state index is 13.1. The molecular weight excluding hydrogens is 502 g/mol. The van der Waals surface area contributed by atoms with Crippen LogP contribution in [-0.2, 0) is 28.6 Å². The van der Waals surface area contributed by atoms with Crippen LogP contribution in [0.15, 0.2) is 0 Å². The second-order valence-electron chi connectivity index (χ2n) is 7.57. The van der Waals surface area contributed by atoms with E-state index in [0.29, 0.717) is 6.92 Å². The predicted molar refractivity (Wildman–Crippen MR) is 91.6 cm³/mol. The zero-order chi connectivity index (χ0) is 27.3. The van der Waals surface area contributed by atoms with E-state index in [1.165, 1.54) is 6.92 Å². The molecule has 0 aliphatic rings. The average molecular weight is 524 g/mol. The molecule has 16 heteroatoms. The van der Waals surface area contributed by atoms with Crippen LogP contribution >= 0.6 is 0 Å². The minimum atomic E-state index is -6.08. The fourth-order valence-corrected chi connectivity index (χ4v) is 2.58. The summed E-state index contributed by atoms with van der Waals surface area (Å²) < 4.78 is 140. The molecule has 0 radical (unpaired) electrons. The lowest BCUT2D eigenvalue weighted by Crippen LogP contribution is -2.48. The number of alkyl halides is 10. The highest BCUT2D eigenvalue weighted by Gasteiger charge is 2.60. The molecule has 0 N–H and O–H groups in total. The van der Waals surface area contributed by atoms with E-state index in [1.807, 2.05) is 0 Å². The first kappa shape index (κ1) is 31.7. The zero-order valence-corrected chi connectivity index (χ0v) is 18.2. The van der Waals surface area contributed by atoms with Gasteiger partial charge in [0.15, 0.2) is 6.61 Å². The van der Waals surface area contributed by atoms with E-state index in [9.17, 15) is 58.3 Å². The Balaban J connectivity index is 6.01. The van der Waals surface area contributed by atoms with Gasteiger partial charge in [-0.25, -0.2) is 8.78 Å². The van der Waals surface area contributed by atoms with Crippen LogP contribution in [-0.4, -0.2) is 60.9 Å². The Bertz CT molecular complexity index is 707. The topological polar surface area (TPSA) is 78.9 Å². The molecule has 0 saturated heterocycles. The predicted octanol–water partition coefficient (Wildman–Crippen LogP) is 4.84. The van der Waals surface area contributed by atoms with Gasteiger partial charge in [-0.1, -0.05) is 13.8 Å². The summed E-state index contributed by atoms with van der Waals surface area (Å²) in [5, 5.41) is 0. The van der Waals surface area contributed by atoms with Gasteiger partial charge >= 0.3 is 42.6 Å². The van der Waals surface area contributed by atoms with Gasteiger partial charge in [-0.3, -0.25) is 14.4 Å². The summed E-state index contributed by atoms with van der Waals surface area (Å²) >= 11 is 0. The Morgan fingerprint density at radius 1 is 0.882 bits per heavy atom. The molecule has 0 amide bonds. The van der Waals surface area contributed by atoms with Crippen molar-refractivity contribution in [2.75, 3.05) is 6.61 Å². The molecule has 3 atom stereocenters. The first-order valence-electron chi connectivity index (χ1n) is 9.43. The van der Waals surface area contributed by atoms with Gasteiger partial charge < -0.3 is 14.2 Å². The Kier molecular flexibility index (Phi) is 10.7. The smallest absolute Gasteiger partial charge is 0.434 e. The molecule has 200 valence electrons. The van der Waals surface area contributed by atoms with E-state index >= 15 is 0 Å². The molecule has 0 aromatic carbocycles. The van der Waals surface area contributed by atoms with Gasteiger partial charge in [-0.15, -0.1) is 0 Å². The molecule has 3 unspecified atom stereocenters. The molecule has 0 saturated carbocycles. The van der Waals surface area contributed by atoms with E-state index in [2.05, 4.69) is 9.47 Å². The van der Waals surface area contributed by atoms with E-state index in [-0.39, 0.29) is 6.42 Å². The Labute approximate surface area is 186 Å². The van der Waals surface area contributed by atoms with Gasteiger partial charge in [-0.05, 0) is 13.3 Å².